The number of nitrogens with one attached hydrogen (secondary N) is 2. The molecule has 1 saturated carbocycles. The van der Waals surface area contributed by atoms with Crippen molar-refractivity contribution in [1.29, 1.82) is 0 Å². The number of hydrogen-bond acceptors (Lipinski definition) is 19. The van der Waals surface area contributed by atoms with Gasteiger partial charge in [0, 0.05) is 68.7 Å². The van der Waals surface area contributed by atoms with Crippen LogP contribution in [0.25, 0.3) is 10.9 Å². The number of amides is 1. The number of rotatable bonds is 20. The van der Waals surface area contributed by atoms with Crippen LogP contribution in [0, 0.1) is 17.8 Å². The SMILES string of the molecule is CC[C@H]1OC(=O)[C@H](C)[C@@H](O[C@H]2C[C@@](C)(OC)C(NC(=O)CCOCCOCCNc3cc4c(=O)c(C(=O)O)cn(C5CC5)c4cc3Cl)[C@H](C)O2)[C@H](C)[C@@H](O[C@@H]2O[C@H](C)C[C@H](N(C)C)[C@H]2O)[C@](C)(O)C[C@@H](C)CN(C)[C@H](C)[C@@H](O)[C@]1(C)O. The molecule has 7 N–H and O–H groups in total. The smallest absolute Gasteiger partial charge is 0.341 e. The highest BCUT2D eigenvalue weighted by Crippen LogP contribution is 2.42. The zero-order valence-electron chi connectivity index (χ0n) is 50.0. The van der Waals surface area contributed by atoms with E-state index in [0.29, 0.717) is 35.7 Å². The van der Waals surface area contributed by atoms with Gasteiger partial charge >= 0.3 is 11.9 Å². The number of anilines is 1. The molecule has 22 nitrogen and oxygen atoms in total. The van der Waals surface area contributed by atoms with E-state index in [0.717, 1.165) is 12.8 Å². The van der Waals surface area contributed by atoms with Gasteiger partial charge in [-0.05, 0) is 120 Å². The standard InChI is InChI=1S/C58H94ClN5O17/c1-15-44-58(10,73)51(68)35(6)63(13)29-31(2)27-56(8,72)52(81-55-48(67)43(62(11)12)24-32(3)77-55)33(4)49(34(5)54(71)79-44)80-46-28-57(9,74-14)50(36(7)78-46)61-45(65)18-20-75-22-23-76-21-19-60-41-25-38-42(26-40(41)59)64(37-16-17-37)30-39(47(38)66)53(69)70/h25-26,30-37,43-44,46,48-52,55,60,67-68,72-73H,15-24,27-29H2,1-14H3,(H,61,65)(H,69,70)/t31-,32-,33+,34-,35-,36+,43+,44-,46+,48-,49+,50?,51-,52-,55+,56-,57-,58-/m1/s1. The maximum Gasteiger partial charge on any atom is 0.341 e. The van der Waals surface area contributed by atoms with Gasteiger partial charge < -0.3 is 88.4 Å². The third-order valence-corrected chi connectivity index (χ3v) is 17.6. The second-order valence-corrected chi connectivity index (χ2v) is 24.7. The van der Waals surface area contributed by atoms with Crippen molar-refractivity contribution in [3.05, 3.63) is 39.1 Å². The lowest BCUT2D eigenvalue weighted by Crippen LogP contribution is -2.64. The summed E-state index contributed by atoms with van der Waals surface area (Å²) >= 11 is 6.59. The fraction of sp³-hybridized carbons (Fsp3) is 0.793. The Kier molecular flexibility index (Phi) is 23.1. The minimum absolute atomic E-state index is 0.0154. The van der Waals surface area contributed by atoms with Gasteiger partial charge in [-0.3, -0.25) is 14.4 Å². The minimum atomic E-state index is -1.86. The van der Waals surface area contributed by atoms with Gasteiger partial charge in [0.25, 0.3) is 0 Å². The molecule has 23 heteroatoms. The Morgan fingerprint density at radius 2 is 1.60 bits per heavy atom. The monoisotopic (exact) mass is 1170 g/mol. The Morgan fingerprint density at radius 3 is 2.22 bits per heavy atom. The Labute approximate surface area is 482 Å². The first kappa shape index (κ1) is 66.5. The molecule has 18 atom stereocenters. The first-order valence-electron chi connectivity index (χ1n) is 28.8. The Bertz CT molecular complexity index is 2500. The number of hydrogen-bond donors (Lipinski definition) is 7. The largest absolute Gasteiger partial charge is 0.477 e. The zero-order valence-corrected chi connectivity index (χ0v) is 50.8. The number of carboxylic acids is 1. The lowest BCUT2D eigenvalue weighted by Gasteiger charge is -2.49. The first-order valence-corrected chi connectivity index (χ1v) is 29.2. The maximum absolute atomic E-state index is 14.6. The second-order valence-electron chi connectivity index (χ2n) is 24.3. The number of aromatic carboxylic acids is 1. The van der Waals surface area contributed by atoms with E-state index in [9.17, 15) is 44.7 Å². The van der Waals surface area contributed by atoms with Crippen LogP contribution in [0.1, 0.15) is 131 Å². The van der Waals surface area contributed by atoms with Crippen LogP contribution in [-0.2, 0) is 47.5 Å². The Hall–Kier alpha value is -3.59. The number of fused-ring (bicyclic) bond motifs is 1. The molecule has 0 spiro atoms. The second kappa shape index (κ2) is 28.1. The van der Waals surface area contributed by atoms with E-state index < -0.39 is 107 Å². The molecule has 1 unspecified atom stereocenters. The highest BCUT2D eigenvalue weighted by atomic mass is 35.5. The van der Waals surface area contributed by atoms with Crippen LogP contribution in [0.2, 0.25) is 5.02 Å². The van der Waals surface area contributed by atoms with Crippen molar-refractivity contribution in [1.82, 2.24) is 19.7 Å². The molecule has 3 aliphatic heterocycles. The van der Waals surface area contributed by atoms with Crippen LogP contribution in [0.15, 0.2) is 23.1 Å². The predicted molar refractivity (Wildman–Crippen MR) is 303 cm³/mol. The number of esters is 1. The van der Waals surface area contributed by atoms with E-state index in [2.05, 4.69) is 10.6 Å². The van der Waals surface area contributed by atoms with E-state index >= 15 is 0 Å². The average Bonchev–Trinajstić information content (AvgIpc) is 4.44. The summed E-state index contributed by atoms with van der Waals surface area (Å²) in [6, 6.07) is 1.81. The van der Waals surface area contributed by atoms with Gasteiger partial charge in [0.05, 0.1) is 90.2 Å². The van der Waals surface area contributed by atoms with Gasteiger partial charge in [0.1, 0.15) is 29.5 Å². The molecule has 0 bridgehead atoms. The van der Waals surface area contributed by atoms with E-state index in [4.69, 9.17) is 49.5 Å². The molecule has 1 aromatic heterocycles. The molecule has 0 radical (unpaired) electrons. The van der Waals surface area contributed by atoms with Crippen molar-refractivity contribution in [2.24, 2.45) is 17.8 Å². The molecular weight excluding hydrogens is 1070 g/mol. The van der Waals surface area contributed by atoms with Crippen LogP contribution >= 0.6 is 11.6 Å². The van der Waals surface area contributed by atoms with Crippen LogP contribution in [-0.4, -0.2) is 216 Å². The van der Waals surface area contributed by atoms with Crippen LogP contribution < -0.4 is 16.1 Å². The number of aliphatic hydroxyl groups is 4. The number of pyridine rings is 1. The number of halogens is 1. The zero-order chi connectivity index (χ0) is 60.1. The highest BCUT2D eigenvalue weighted by molar-refractivity contribution is 6.34. The summed E-state index contributed by atoms with van der Waals surface area (Å²) in [4.78, 5) is 56.8. The van der Waals surface area contributed by atoms with E-state index in [-0.39, 0.29) is 93.1 Å². The van der Waals surface area contributed by atoms with Crippen molar-refractivity contribution in [3.8, 4) is 0 Å². The minimum Gasteiger partial charge on any atom is -0.477 e. The van der Waals surface area contributed by atoms with Gasteiger partial charge in [-0.2, -0.15) is 0 Å². The third-order valence-electron chi connectivity index (χ3n) is 17.3. The Balaban J connectivity index is 1.10. The van der Waals surface area contributed by atoms with Crippen molar-refractivity contribution < 1.29 is 77.8 Å². The molecule has 4 aliphatic rings. The molecule has 3 saturated heterocycles. The number of methoxy groups -OCH3 is 1. The number of ether oxygens (including phenoxy) is 8. The molecule has 460 valence electrons. The van der Waals surface area contributed by atoms with Crippen molar-refractivity contribution in [2.45, 2.75) is 210 Å². The summed E-state index contributed by atoms with van der Waals surface area (Å²) in [5.41, 5.74) is -4.37. The van der Waals surface area contributed by atoms with Crippen molar-refractivity contribution in [3.63, 3.8) is 0 Å². The van der Waals surface area contributed by atoms with Crippen molar-refractivity contribution in [2.75, 3.05) is 73.1 Å². The fourth-order valence-electron chi connectivity index (χ4n) is 12.3. The maximum atomic E-state index is 14.6. The van der Waals surface area contributed by atoms with Crippen LogP contribution in [0.5, 0.6) is 0 Å². The van der Waals surface area contributed by atoms with E-state index in [1.165, 1.54) is 20.2 Å². The molecule has 1 aliphatic carbocycles. The predicted octanol–water partition coefficient (Wildman–Crippen LogP) is 4.56. The van der Waals surface area contributed by atoms with Gasteiger partial charge in [-0.15, -0.1) is 0 Å². The van der Waals surface area contributed by atoms with Gasteiger partial charge in [-0.25, -0.2) is 4.79 Å². The molecule has 4 heterocycles. The highest BCUT2D eigenvalue weighted by Gasteiger charge is 2.53. The quantitative estimate of drug-likeness (QED) is 0.0707. The summed E-state index contributed by atoms with van der Waals surface area (Å²) in [5, 5.41) is 64.7. The normalized spacial score (nSPS) is 36.9. The number of carbonyl (C=O) groups excluding carboxylic acids is 2. The molecule has 81 heavy (non-hydrogen) atoms. The average molecular weight is 1170 g/mol. The number of benzene rings is 1. The molecule has 2 aromatic rings. The van der Waals surface area contributed by atoms with Gasteiger partial charge in [0.15, 0.2) is 12.6 Å². The number of cyclic esters (lactones) is 1. The van der Waals surface area contributed by atoms with E-state index in [1.54, 1.807) is 53.7 Å². The number of likely N-dealkylation sites (N-methyl/N-ethyl adjacent to an activating group) is 2. The molecule has 6 rings (SSSR count). The number of aromatic nitrogens is 1. The molecule has 1 aromatic carbocycles. The summed E-state index contributed by atoms with van der Waals surface area (Å²) in [6.45, 7) is 19.1. The summed E-state index contributed by atoms with van der Waals surface area (Å²) in [6.07, 6.45) is -4.83. The lowest BCUT2D eigenvalue weighted by molar-refractivity contribution is -0.311. The number of carbonyl (C=O) groups is 3. The topological polar surface area (TPSA) is 279 Å². The summed E-state index contributed by atoms with van der Waals surface area (Å²) < 4.78 is 52.2. The number of aliphatic hydroxyl groups excluding tert-OH is 2. The first-order chi connectivity index (χ1) is 38.0. The van der Waals surface area contributed by atoms with Crippen LogP contribution in [0.4, 0.5) is 5.69 Å². The Morgan fingerprint density at radius 1 is 0.938 bits per heavy atom. The third kappa shape index (κ3) is 16.0. The molecule has 4 fully saturated rings. The van der Waals surface area contributed by atoms with Crippen LogP contribution in [0.3, 0.4) is 0 Å². The van der Waals surface area contributed by atoms with E-state index in [1.807, 2.05) is 56.3 Å². The van der Waals surface area contributed by atoms with Gasteiger partial charge in [-0.1, -0.05) is 32.4 Å². The van der Waals surface area contributed by atoms with Gasteiger partial charge in [0.2, 0.25) is 11.3 Å². The molecule has 1 amide bonds. The van der Waals surface area contributed by atoms with Crippen molar-refractivity contribution >= 4 is 46.0 Å². The summed E-state index contributed by atoms with van der Waals surface area (Å²) in [5.74, 6) is -4.46. The number of nitrogens with zero attached hydrogens (tertiary/aromatic N) is 3. The molecular formula is C58H94ClN5O17. The summed E-state index contributed by atoms with van der Waals surface area (Å²) in [7, 11) is 7.10. The number of carboxylic acid groups (broad SMARTS) is 1. The lowest BCUT2D eigenvalue weighted by atomic mass is 9.77. The fourth-order valence-corrected chi connectivity index (χ4v) is 12.6.